The molecule has 0 aromatic heterocycles. The summed E-state index contributed by atoms with van der Waals surface area (Å²) in [6, 6.07) is 19.0. The van der Waals surface area contributed by atoms with Crippen LogP contribution in [-0.4, -0.2) is 24.7 Å². The van der Waals surface area contributed by atoms with Crippen molar-refractivity contribution >= 4 is 45.6 Å². The van der Waals surface area contributed by atoms with Crippen molar-refractivity contribution in [2.24, 2.45) is 5.10 Å². The Labute approximate surface area is 193 Å². The summed E-state index contributed by atoms with van der Waals surface area (Å²) in [7, 11) is 0. The van der Waals surface area contributed by atoms with Crippen LogP contribution in [0, 0.1) is 6.92 Å². The Bertz CT molecular complexity index is 1130. The maximum atomic E-state index is 12.4. The van der Waals surface area contributed by atoms with Gasteiger partial charge in [-0.05, 0) is 55.0 Å². The van der Waals surface area contributed by atoms with Crippen LogP contribution in [-0.2, 0) is 4.79 Å². The lowest BCUT2D eigenvalue weighted by molar-refractivity contribution is -0.123. The summed E-state index contributed by atoms with van der Waals surface area (Å²) in [6.07, 6.45) is 1.38. The van der Waals surface area contributed by atoms with Crippen LogP contribution in [0.4, 0.5) is 0 Å². The van der Waals surface area contributed by atoms with Gasteiger partial charge in [-0.2, -0.15) is 5.10 Å². The monoisotopic (exact) mass is 500 g/mol. The molecule has 3 aromatic carbocycles. The van der Waals surface area contributed by atoms with Crippen molar-refractivity contribution in [3.63, 3.8) is 0 Å². The molecule has 0 aliphatic rings. The highest BCUT2D eigenvalue weighted by Crippen LogP contribution is 2.24. The topological polar surface area (TPSA) is 77.0 Å². The Morgan fingerprint density at radius 2 is 1.90 bits per heavy atom. The number of hydrazone groups is 1. The smallest absolute Gasteiger partial charge is 0.345 e. The molecule has 6 nitrogen and oxygen atoms in total. The van der Waals surface area contributed by atoms with Gasteiger partial charge in [-0.3, -0.25) is 4.79 Å². The van der Waals surface area contributed by atoms with Gasteiger partial charge >= 0.3 is 5.97 Å². The second-order valence-corrected chi connectivity index (χ2v) is 7.77. The van der Waals surface area contributed by atoms with Crippen LogP contribution < -0.4 is 14.9 Å². The molecule has 158 valence electrons. The minimum absolute atomic E-state index is 0.187. The molecular formula is C23H18BrClN2O4. The molecule has 0 aliphatic carbocycles. The molecule has 3 aromatic rings. The lowest BCUT2D eigenvalue weighted by Gasteiger charge is -2.09. The molecule has 0 unspecified atom stereocenters. The minimum atomic E-state index is -0.599. The van der Waals surface area contributed by atoms with Crippen molar-refractivity contribution in [1.29, 1.82) is 0 Å². The Balaban J connectivity index is 1.63. The number of benzene rings is 3. The number of halogens is 2. The molecule has 0 bridgehead atoms. The van der Waals surface area contributed by atoms with Gasteiger partial charge in [0.05, 0.1) is 16.8 Å². The number of rotatable bonds is 7. The SMILES string of the molecule is Cc1cccc(OCC(=O)N/N=C\c2cc(Br)ccc2OC(=O)c2ccccc2Cl)c1. The van der Waals surface area contributed by atoms with Crippen LogP contribution in [0.2, 0.25) is 5.02 Å². The molecule has 0 heterocycles. The van der Waals surface area contributed by atoms with Crippen LogP contribution in [0.3, 0.4) is 0 Å². The van der Waals surface area contributed by atoms with Crippen LogP contribution in [0.15, 0.2) is 76.3 Å². The van der Waals surface area contributed by atoms with Crippen LogP contribution >= 0.6 is 27.5 Å². The highest BCUT2D eigenvalue weighted by Gasteiger charge is 2.14. The number of nitrogens with one attached hydrogen (secondary N) is 1. The van der Waals surface area contributed by atoms with Crippen LogP contribution in [0.25, 0.3) is 0 Å². The number of carbonyl (C=O) groups is 2. The third-order valence-corrected chi connectivity index (χ3v) is 4.84. The standard InChI is InChI=1S/C23H18BrClN2O4/c1-15-5-4-6-18(11-15)30-14-22(28)27-26-13-16-12-17(24)9-10-21(16)31-23(29)19-7-2-3-8-20(19)25/h2-13H,14H2,1H3,(H,27,28)/b26-13-. The highest BCUT2D eigenvalue weighted by molar-refractivity contribution is 9.10. The number of esters is 1. The van der Waals surface area contributed by atoms with Crippen molar-refractivity contribution in [2.45, 2.75) is 6.92 Å². The van der Waals surface area contributed by atoms with E-state index in [0.29, 0.717) is 16.3 Å². The lowest BCUT2D eigenvalue weighted by atomic mass is 10.2. The second-order valence-electron chi connectivity index (χ2n) is 6.45. The highest BCUT2D eigenvalue weighted by atomic mass is 79.9. The average molecular weight is 502 g/mol. The summed E-state index contributed by atoms with van der Waals surface area (Å²) >= 11 is 9.42. The van der Waals surface area contributed by atoms with E-state index in [1.165, 1.54) is 6.21 Å². The zero-order valence-corrected chi connectivity index (χ0v) is 18.8. The normalized spacial score (nSPS) is 10.7. The minimum Gasteiger partial charge on any atom is -0.484 e. The number of carbonyl (C=O) groups excluding carboxylic acids is 2. The number of hydrogen-bond donors (Lipinski definition) is 1. The Hall–Kier alpha value is -3.16. The maximum absolute atomic E-state index is 12.4. The molecule has 31 heavy (non-hydrogen) atoms. The van der Waals surface area contributed by atoms with Gasteiger partial charge in [0.1, 0.15) is 11.5 Å². The summed E-state index contributed by atoms with van der Waals surface area (Å²) < 4.78 is 11.7. The summed E-state index contributed by atoms with van der Waals surface area (Å²) in [5, 5.41) is 4.22. The molecule has 0 spiro atoms. The van der Waals surface area contributed by atoms with E-state index in [1.54, 1.807) is 48.5 Å². The van der Waals surface area contributed by atoms with E-state index in [9.17, 15) is 9.59 Å². The third-order valence-electron chi connectivity index (χ3n) is 4.02. The van der Waals surface area contributed by atoms with Gasteiger partial charge in [0.15, 0.2) is 6.61 Å². The third kappa shape index (κ3) is 6.67. The molecule has 1 N–H and O–H groups in total. The van der Waals surface area contributed by atoms with E-state index in [0.717, 1.165) is 10.0 Å². The molecule has 0 fully saturated rings. The van der Waals surface area contributed by atoms with Gasteiger partial charge < -0.3 is 9.47 Å². The van der Waals surface area contributed by atoms with E-state index in [4.69, 9.17) is 21.1 Å². The quantitative estimate of drug-likeness (QED) is 0.210. The van der Waals surface area contributed by atoms with Gasteiger partial charge in [0.25, 0.3) is 5.91 Å². The van der Waals surface area contributed by atoms with Gasteiger partial charge in [0, 0.05) is 10.0 Å². The van der Waals surface area contributed by atoms with Gasteiger partial charge in [-0.25, -0.2) is 10.2 Å². The van der Waals surface area contributed by atoms with Crippen molar-refractivity contribution in [1.82, 2.24) is 5.43 Å². The molecule has 0 atom stereocenters. The van der Waals surface area contributed by atoms with Gasteiger partial charge in [-0.1, -0.05) is 51.8 Å². The Morgan fingerprint density at radius 3 is 2.68 bits per heavy atom. The van der Waals surface area contributed by atoms with Crippen molar-refractivity contribution in [2.75, 3.05) is 6.61 Å². The summed E-state index contributed by atoms with van der Waals surface area (Å²) in [5.74, 6) is -0.164. The second kappa shape index (κ2) is 10.7. The zero-order chi connectivity index (χ0) is 22.2. The van der Waals surface area contributed by atoms with Gasteiger partial charge in [-0.15, -0.1) is 0 Å². The van der Waals surface area contributed by atoms with E-state index in [-0.39, 0.29) is 17.9 Å². The zero-order valence-electron chi connectivity index (χ0n) is 16.5. The summed E-state index contributed by atoms with van der Waals surface area (Å²) in [5.41, 5.74) is 4.15. The number of ether oxygens (including phenoxy) is 2. The molecule has 0 saturated heterocycles. The first kappa shape index (κ1) is 22.5. The van der Waals surface area contributed by atoms with Gasteiger partial charge in [0.2, 0.25) is 0 Å². The van der Waals surface area contributed by atoms with Crippen LogP contribution in [0.1, 0.15) is 21.5 Å². The number of aryl methyl sites for hydroxylation is 1. The first-order valence-electron chi connectivity index (χ1n) is 9.20. The largest absolute Gasteiger partial charge is 0.484 e. The number of amides is 1. The van der Waals surface area contributed by atoms with Crippen molar-refractivity contribution < 1.29 is 19.1 Å². The molecule has 0 radical (unpaired) electrons. The predicted molar refractivity (Wildman–Crippen MR) is 123 cm³/mol. The van der Waals surface area contributed by atoms with E-state index < -0.39 is 11.9 Å². The van der Waals surface area contributed by atoms with Crippen LogP contribution in [0.5, 0.6) is 11.5 Å². The van der Waals surface area contributed by atoms with E-state index in [1.807, 2.05) is 25.1 Å². The predicted octanol–water partition coefficient (Wildman–Crippen LogP) is 5.16. The molecule has 3 rings (SSSR count). The number of nitrogens with zero attached hydrogens (tertiary/aromatic N) is 1. The number of hydrogen-bond acceptors (Lipinski definition) is 5. The summed E-state index contributed by atoms with van der Waals surface area (Å²) in [4.78, 5) is 24.4. The van der Waals surface area contributed by atoms with Crippen molar-refractivity contribution in [3.8, 4) is 11.5 Å². The van der Waals surface area contributed by atoms with Crippen molar-refractivity contribution in [3.05, 3.63) is 92.9 Å². The average Bonchev–Trinajstić information content (AvgIpc) is 2.74. The molecule has 1 amide bonds. The first-order chi connectivity index (χ1) is 14.9. The first-order valence-corrected chi connectivity index (χ1v) is 10.4. The Kier molecular flexibility index (Phi) is 7.81. The Morgan fingerprint density at radius 1 is 1.10 bits per heavy atom. The fourth-order valence-electron chi connectivity index (χ4n) is 2.55. The molecule has 8 heteroatoms. The maximum Gasteiger partial charge on any atom is 0.345 e. The van der Waals surface area contributed by atoms with E-state index in [2.05, 4.69) is 26.5 Å². The summed E-state index contributed by atoms with van der Waals surface area (Å²) in [6.45, 7) is 1.75. The molecular weight excluding hydrogens is 484 g/mol. The van der Waals surface area contributed by atoms with E-state index >= 15 is 0 Å². The lowest BCUT2D eigenvalue weighted by Crippen LogP contribution is -2.24. The fourth-order valence-corrected chi connectivity index (χ4v) is 3.15. The fraction of sp³-hybridized carbons (Fsp3) is 0.0870. The molecule has 0 aliphatic heterocycles. The molecule has 0 saturated carbocycles.